The fraction of sp³-hybridized carbons (Fsp3) is 0.941. The fourth-order valence-electron chi connectivity index (χ4n) is 4.22. The van der Waals surface area contributed by atoms with Crippen LogP contribution in [0.1, 0.15) is 59.3 Å². The Morgan fingerprint density at radius 2 is 1.90 bits per heavy atom. The van der Waals surface area contributed by atoms with E-state index in [0.717, 1.165) is 51.2 Å². The molecule has 1 aliphatic heterocycles. The number of carbonyl (C=O) groups is 1. The number of hydrogen-bond acceptors (Lipinski definition) is 2. The van der Waals surface area contributed by atoms with Crippen LogP contribution in [0, 0.1) is 11.8 Å². The van der Waals surface area contributed by atoms with Crippen molar-refractivity contribution in [3.8, 4) is 0 Å². The molecule has 4 heteroatoms. The Balaban J connectivity index is 2.11. The van der Waals surface area contributed by atoms with Crippen LogP contribution in [0.2, 0.25) is 0 Å². The van der Waals surface area contributed by atoms with Gasteiger partial charge in [0.1, 0.15) is 0 Å². The first-order valence-electron chi connectivity index (χ1n) is 8.79. The largest absolute Gasteiger partial charge is 0.328 e. The maximum absolute atomic E-state index is 13.0. The summed E-state index contributed by atoms with van der Waals surface area (Å²) in [6.07, 6.45) is 6.86. The van der Waals surface area contributed by atoms with Crippen molar-refractivity contribution in [2.45, 2.75) is 64.8 Å². The molecular formula is C17H33N3O. The standard InChI is InChI=1S/C17H33N3O/c1-4-20(16(21)19-10-7-14(2)8-11-19)17(13-18)9-5-6-15(3)12-17/h14-15H,4-13,18H2,1-3H3. The zero-order chi connectivity index (χ0) is 15.5. The third-order valence-electron chi connectivity index (χ3n) is 5.62. The Morgan fingerprint density at radius 1 is 1.24 bits per heavy atom. The van der Waals surface area contributed by atoms with Crippen molar-refractivity contribution in [3.05, 3.63) is 0 Å². The predicted octanol–water partition coefficient (Wildman–Crippen LogP) is 3.07. The van der Waals surface area contributed by atoms with Crippen molar-refractivity contribution in [2.24, 2.45) is 17.6 Å². The number of nitrogens with two attached hydrogens (primary N) is 1. The molecule has 0 radical (unpaired) electrons. The van der Waals surface area contributed by atoms with Gasteiger partial charge in [-0.1, -0.05) is 26.7 Å². The normalized spacial score (nSPS) is 31.2. The van der Waals surface area contributed by atoms with Crippen molar-refractivity contribution < 1.29 is 4.79 Å². The van der Waals surface area contributed by atoms with Crippen molar-refractivity contribution in [1.29, 1.82) is 0 Å². The van der Waals surface area contributed by atoms with E-state index in [4.69, 9.17) is 5.73 Å². The van der Waals surface area contributed by atoms with Crippen molar-refractivity contribution >= 4 is 6.03 Å². The fourth-order valence-corrected chi connectivity index (χ4v) is 4.22. The highest BCUT2D eigenvalue weighted by atomic mass is 16.2. The summed E-state index contributed by atoms with van der Waals surface area (Å²) < 4.78 is 0. The summed E-state index contributed by atoms with van der Waals surface area (Å²) in [6, 6.07) is 0.226. The lowest BCUT2D eigenvalue weighted by molar-refractivity contribution is 0.0462. The second-order valence-electron chi connectivity index (χ2n) is 7.33. The molecule has 2 amide bonds. The highest BCUT2D eigenvalue weighted by molar-refractivity contribution is 5.75. The molecule has 21 heavy (non-hydrogen) atoms. The third kappa shape index (κ3) is 3.53. The van der Waals surface area contributed by atoms with Gasteiger partial charge in [0.25, 0.3) is 0 Å². The molecule has 1 heterocycles. The summed E-state index contributed by atoms with van der Waals surface area (Å²) in [5.41, 5.74) is 6.05. The highest BCUT2D eigenvalue weighted by Crippen LogP contribution is 2.37. The molecule has 122 valence electrons. The summed E-state index contributed by atoms with van der Waals surface area (Å²) in [7, 11) is 0. The number of nitrogens with zero attached hydrogens (tertiary/aromatic N) is 2. The molecule has 2 fully saturated rings. The van der Waals surface area contributed by atoms with Gasteiger partial charge in [-0.25, -0.2) is 4.79 Å². The van der Waals surface area contributed by atoms with Crippen molar-refractivity contribution in [1.82, 2.24) is 9.80 Å². The Kier molecular flexibility index (Phi) is 5.53. The van der Waals surface area contributed by atoms with Crippen molar-refractivity contribution in [3.63, 3.8) is 0 Å². The molecule has 2 rings (SSSR count). The van der Waals surface area contributed by atoms with Gasteiger partial charge in [-0.3, -0.25) is 0 Å². The van der Waals surface area contributed by atoms with Crippen LogP contribution in [0.25, 0.3) is 0 Å². The number of amides is 2. The van der Waals surface area contributed by atoms with E-state index in [9.17, 15) is 4.79 Å². The average molecular weight is 295 g/mol. The van der Waals surface area contributed by atoms with Gasteiger partial charge in [-0.15, -0.1) is 0 Å². The van der Waals surface area contributed by atoms with E-state index in [2.05, 4.69) is 30.6 Å². The van der Waals surface area contributed by atoms with Crippen LogP contribution in [0.15, 0.2) is 0 Å². The van der Waals surface area contributed by atoms with E-state index in [1.807, 2.05) is 0 Å². The average Bonchev–Trinajstić information content (AvgIpc) is 2.48. The van der Waals surface area contributed by atoms with Gasteiger partial charge in [-0.2, -0.15) is 0 Å². The Bertz CT molecular complexity index is 352. The molecule has 2 N–H and O–H groups in total. The molecule has 0 spiro atoms. The lowest BCUT2D eigenvalue weighted by atomic mass is 9.75. The smallest absolute Gasteiger partial charge is 0.320 e. The summed E-state index contributed by atoms with van der Waals surface area (Å²) >= 11 is 0. The van der Waals surface area contributed by atoms with Gasteiger partial charge >= 0.3 is 6.03 Å². The Hall–Kier alpha value is -0.770. The first kappa shape index (κ1) is 16.6. The maximum atomic E-state index is 13.0. The molecule has 0 aromatic heterocycles. The van der Waals surface area contributed by atoms with E-state index in [-0.39, 0.29) is 11.6 Å². The van der Waals surface area contributed by atoms with E-state index in [1.54, 1.807) is 0 Å². The number of hydrogen-bond donors (Lipinski definition) is 1. The van der Waals surface area contributed by atoms with Gasteiger partial charge in [0.05, 0.1) is 5.54 Å². The molecule has 1 saturated heterocycles. The van der Waals surface area contributed by atoms with Crippen LogP contribution in [0.3, 0.4) is 0 Å². The maximum Gasteiger partial charge on any atom is 0.320 e. The van der Waals surface area contributed by atoms with Crippen LogP contribution < -0.4 is 5.73 Å². The first-order chi connectivity index (χ1) is 10.0. The summed E-state index contributed by atoms with van der Waals surface area (Å²) in [4.78, 5) is 17.2. The van der Waals surface area contributed by atoms with Crippen molar-refractivity contribution in [2.75, 3.05) is 26.2 Å². The summed E-state index contributed by atoms with van der Waals surface area (Å²) in [6.45, 7) is 9.87. The number of rotatable bonds is 3. The lowest BCUT2D eigenvalue weighted by Crippen LogP contribution is -2.61. The summed E-state index contributed by atoms with van der Waals surface area (Å²) in [5, 5.41) is 0. The molecule has 2 atom stereocenters. The van der Waals surface area contributed by atoms with Gasteiger partial charge < -0.3 is 15.5 Å². The first-order valence-corrected chi connectivity index (χ1v) is 8.79. The monoisotopic (exact) mass is 295 g/mol. The number of urea groups is 1. The van der Waals surface area contributed by atoms with E-state index in [0.29, 0.717) is 12.5 Å². The van der Waals surface area contributed by atoms with Gasteiger partial charge in [-0.05, 0) is 44.4 Å². The topological polar surface area (TPSA) is 49.6 Å². The number of carbonyl (C=O) groups excluding carboxylic acids is 1. The minimum absolute atomic E-state index is 0.105. The number of piperidine rings is 1. The molecule has 0 aromatic carbocycles. The zero-order valence-corrected chi connectivity index (χ0v) is 14.1. The van der Waals surface area contributed by atoms with Gasteiger partial charge in [0.15, 0.2) is 0 Å². The van der Waals surface area contributed by atoms with Gasteiger partial charge in [0.2, 0.25) is 0 Å². The molecule has 2 unspecified atom stereocenters. The summed E-state index contributed by atoms with van der Waals surface area (Å²) in [5.74, 6) is 1.42. The second-order valence-corrected chi connectivity index (χ2v) is 7.33. The SMILES string of the molecule is CCN(C(=O)N1CCC(C)CC1)C1(CN)CCCC(C)C1. The molecular weight excluding hydrogens is 262 g/mol. The lowest BCUT2D eigenvalue weighted by Gasteiger charge is -2.49. The van der Waals surface area contributed by atoms with Crippen LogP contribution in [-0.2, 0) is 0 Å². The quantitative estimate of drug-likeness (QED) is 0.870. The van der Waals surface area contributed by atoms with Crippen LogP contribution in [0.5, 0.6) is 0 Å². The minimum Gasteiger partial charge on any atom is -0.328 e. The van der Waals surface area contributed by atoms with Crippen LogP contribution in [-0.4, -0.2) is 47.5 Å². The molecule has 2 aliphatic rings. The number of likely N-dealkylation sites (tertiary alicyclic amines) is 1. The highest BCUT2D eigenvalue weighted by Gasteiger charge is 2.42. The molecule has 1 aliphatic carbocycles. The van der Waals surface area contributed by atoms with Crippen LogP contribution >= 0.6 is 0 Å². The molecule has 4 nitrogen and oxygen atoms in total. The predicted molar refractivity (Wildman–Crippen MR) is 87.2 cm³/mol. The molecule has 0 bridgehead atoms. The van der Waals surface area contributed by atoms with Gasteiger partial charge in [0, 0.05) is 26.2 Å². The Morgan fingerprint density at radius 3 is 2.43 bits per heavy atom. The van der Waals surface area contributed by atoms with Crippen LogP contribution in [0.4, 0.5) is 4.79 Å². The van der Waals surface area contributed by atoms with E-state index in [1.165, 1.54) is 12.8 Å². The Labute approximate surface area is 130 Å². The number of likely N-dealkylation sites (N-methyl/N-ethyl adjacent to an activating group) is 1. The molecule has 1 saturated carbocycles. The molecule has 0 aromatic rings. The third-order valence-corrected chi connectivity index (χ3v) is 5.62. The van der Waals surface area contributed by atoms with E-state index >= 15 is 0 Å². The zero-order valence-electron chi connectivity index (χ0n) is 14.1. The minimum atomic E-state index is -0.105. The second kappa shape index (κ2) is 6.99. The van der Waals surface area contributed by atoms with E-state index < -0.39 is 0 Å².